The lowest BCUT2D eigenvalue weighted by Crippen LogP contribution is -2.58. The molecule has 1 unspecified atom stereocenters. The number of benzene rings is 1. The van der Waals surface area contributed by atoms with E-state index in [1.54, 1.807) is 0 Å². The summed E-state index contributed by atoms with van der Waals surface area (Å²) < 4.78 is 6.32. The van der Waals surface area contributed by atoms with E-state index in [0.29, 0.717) is 24.6 Å². The molecule has 0 aromatic heterocycles. The highest BCUT2D eigenvalue weighted by atomic mass is 79.9. The number of hydrogen-bond donors (Lipinski definition) is 1. The largest absolute Gasteiger partial charge is 0.379 e. The molecule has 2 saturated heterocycles. The first-order valence-corrected chi connectivity index (χ1v) is 13.3. The zero-order valence-corrected chi connectivity index (χ0v) is 21.1. The van der Waals surface area contributed by atoms with Crippen molar-refractivity contribution in [1.29, 1.82) is 0 Å². The molecule has 1 aliphatic carbocycles. The van der Waals surface area contributed by atoms with E-state index >= 15 is 0 Å². The van der Waals surface area contributed by atoms with Crippen molar-refractivity contribution in [3.63, 3.8) is 0 Å². The molecule has 8 heteroatoms. The number of piperazine rings is 1. The molecule has 1 aromatic carbocycles. The van der Waals surface area contributed by atoms with E-state index in [9.17, 15) is 9.59 Å². The molecule has 0 spiro atoms. The molecule has 0 bridgehead atoms. The number of morpholine rings is 1. The lowest BCUT2D eigenvalue weighted by atomic mass is 9.95. The normalized spacial score (nSPS) is 21.8. The Morgan fingerprint density at radius 2 is 1.79 bits per heavy atom. The van der Waals surface area contributed by atoms with Crippen LogP contribution in [-0.2, 0) is 9.53 Å². The van der Waals surface area contributed by atoms with E-state index in [4.69, 9.17) is 4.74 Å². The first-order valence-electron chi connectivity index (χ1n) is 12.5. The summed E-state index contributed by atoms with van der Waals surface area (Å²) in [6.07, 6.45) is 5.66. The van der Waals surface area contributed by atoms with Crippen LogP contribution in [-0.4, -0.2) is 98.1 Å². The van der Waals surface area contributed by atoms with Gasteiger partial charge in [0.05, 0.1) is 19.3 Å². The summed E-state index contributed by atoms with van der Waals surface area (Å²) in [5, 5.41) is 3.24. The van der Waals surface area contributed by atoms with Gasteiger partial charge in [-0.05, 0) is 49.9 Å². The number of carbonyl (C=O) groups excluding carboxylic acids is 2. The number of amides is 2. The Bertz CT molecular complexity index is 788. The van der Waals surface area contributed by atoms with E-state index in [1.807, 2.05) is 29.2 Å². The van der Waals surface area contributed by atoms with Crippen LogP contribution in [0, 0.1) is 5.92 Å². The van der Waals surface area contributed by atoms with Crippen LogP contribution in [0.25, 0.3) is 0 Å². The predicted octanol–water partition coefficient (Wildman–Crippen LogP) is 2.60. The van der Waals surface area contributed by atoms with Crippen LogP contribution in [0.5, 0.6) is 0 Å². The van der Waals surface area contributed by atoms with Crippen molar-refractivity contribution >= 4 is 27.7 Å². The molecule has 182 valence electrons. The third kappa shape index (κ3) is 6.78. The molecule has 7 nitrogen and oxygen atoms in total. The molecule has 2 heterocycles. The number of nitrogens with one attached hydrogen (secondary N) is 1. The maximum Gasteiger partial charge on any atom is 0.253 e. The summed E-state index contributed by atoms with van der Waals surface area (Å²) in [5.41, 5.74) is 0.711. The summed E-state index contributed by atoms with van der Waals surface area (Å²) in [6, 6.07) is 7.50. The average molecular weight is 522 g/mol. The standard InChI is InChI=1S/C25H37BrN4O3/c26-22-8-3-7-21(19-22)25(32)30-13-11-29(12-14-30)23(20-5-1-2-6-20)24(31)27-9-4-10-28-15-17-33-18-16-28/h3,7-8,19-20,23H,1-2,4-6,9-18H2,(H,27,31). The lowest BCUT2D eigenvalue weighted by molar-refractivity contribution is -0.129. The minimum Gasteiger partial charge on any atom is -0.379 e. The van der Waals surface area contributed by atoms with Crippen molar-refractivity contribution < 1.29 is 14.3 Å². The van der Waals surface area contributed by atoms with E-state index in [-0.39, 0.29) is 17.9 Å². The third-order valence-corrected chi connectivity index (χ3v) is 7.73. The molecule has 1 saturated carbocycles. The van der Waals surface area contributed by atoms with Gasteiger partial charge < -0.3 is 15.0 Å². The Kier molecular flexibility index (Phi) is 9.18. The van der Waals surface area contributed by atoms with Crippen molar-refractivity contribution in [2.24, 2.45) is 5.92 Å². The second-order valence-electron chi connectivity index (χ2n) is 9.43. The minimum absolute atomic E-state index is 0.0703. The second kappa shape index (κ2) is 12.3. The van der Waals surface area contributed by atoms with Gasteiger partial charge in [-0.25, -0.2) is 0 Å². The molecule has 2 aliphatic heterocycles. The minimum atomic E-state index is -0.0704. The summed E-state index contributed by atoms with van der Waals surface area (Å²) >= 11 is 3.45. The summed E-state index contributed by atoms with van der Waals surface area (Å²) in [7, 11) is 0. The molecule has 4 rings (SSSR count). The van der Waals surface area contributed by atoms with Crippen LogP contribution in [0.2, 0.25) is 0 Å². The summed E-state index contributed by atoms with van der Waals surface area (Å²) in [4.78, 5) is 32.9. The van der Waals surface area contributed by atoms with Crippen molar-refractivity contribution in [2.45, 2.75) is 38.1 Å². The molecule has 0 radical (unpaired) electrons. The highest BCUT2D eigenvalue weighted by Crippen LogP contribution is 2.31. The fraction of sp³-hybridized carbons (Fsp3) is 0.680. The van der Waals surface area contributed by atoms with Gasteiger partial charge in [0.1, 0.15) is 0 Å². The van der Waals surface area contributed by atoms with Crippen LogP contribution >= 0.6 is 15.9 Å². The van der Waals surface area contributed by atoms with Crippen LogP contribution in [0.1, 0.15) is 42.5 Å². The zero-order valence-electron chi connectivity index (χ0n) is 19.5. The molecule has 3 fully saturated rings. The van der Waals surface area contributed by atoms with Gasteiger partial charge >= 0.3 is 0 Å². The van der Waals surface area contributed by atoms with Gasteiger partial charge in [0.25, 0.3) is 5.91 Å². The van der Waals surface area contributed by atoms with E-state index in [0.717, 1.165) is 76.2 Å². The molecule has 2 amide bonds. The Morgan fingerprint density at radius 1 is 1.06 bits per heavy atom. The van der Waals surface area contributed by atoms with Crippen molar-refractivity contribution in [1.82, 2.24) is 20.0 Å². The lowest BCUT2D eigenvalue weighted by Gasteiger charge is -2.40. The molecule has 1 N–H and O–H groups in total. The number of hydrogen-bond acceptors (Lipinski definition) is 5. The Balaban J connectivity index is 1.28. The molecule has 3 aliphatic rings. The van der Waals surface area contributed by atoms with Crippen LogP contribution in [0.15, 0.2) is 28.7 Å². The smallest absolute Gasteiger partial charge is 0.253 e. The first-order chi connectivity index (χ1) is 16.1. The number of nitrogens with zero attached hydrogens (tertiary/aromatic N) is 3. The topological polar surface area (TPSA) is 65.1 Å². The van der Waals surface area contributed by atoms with Crippen LogP contribution in [0.4, 0.5) is 0 Å². The molecule has 1 aromatic rings. The second-order valence-corrected chi connectivity index (χ2v) is 10.3. The molecule has 1 atom stereocenters. The van der Waals surface area contributed by atoms with Crippen LogP contribution in [0.3, 0.4) is 0 Å². The van der Waals surface area contributed by atoms with Crippen molar-refractivity contribution in [3.05, 3.63) is 34.3 Å². The van der Waals surface area contributed by atoms with Crippen molar-refractivity contribution in [3.8, 4) is 0 Å². The van der Waals surface area contributed by atoms with Gasteiger partial charge in [-0.2, -0.15) is 0 Å². The molecular weight excluding hydrogens is 484 g/mol. The number of carbonyl (C=O) groups is 2. The number of ether oxygens (including phenoxy) is 1. The third-order valence-electron chi connectivity index (χ3n) is 7.24. The Labute approximate surface area is 205 Å². The van der Waals surface area contributed by atoms with Crippen molar-refractivity contribution in [2.75, 3.05) is 65.6 Å². The van der Waals surface area contributed by atoms with Gasteiger partial charge in [-0.1, -0.05) is 34.8 Å². The maximum absolute atomic E-state index is 13.3. The fourth-order valence-corrected chi connectivity index (χ4v) is 5.80. The molecular formula is C25H37BrN4O3. The Hall–Kier alpha value is -1.48. The highest BCUT2D eigenvalue weighted by molar-refractivity contribution is 9.10. The number of halogens is 1. The van der Waals surface area contributed by atoms with Crippen LogP contribution < -0.4 is 5.32 Å². The maximum atomic E-state index is 13.3. The SMILES string of the molecule is O=C(NCCCN1CCOCC1)C(C1CCCC1)N1CCN(C(=O)c2cccc(Br)c2)CC1. The van der Waals surface area contributed by atoms with Gasteiger partial charge in [-0.15, -0.1) is 0 Å². The van der Waals surface area contributed by atoms with Gasteiger partial charge in [-0.3, -0.25) is 19.4 Å². The number of rotatable bonds is 8. The summed E-state index contributed by atoms with van der Waals surface area (Å²) in [5.74, 6) is 0.674. The average Bonchev–Trinajstić information content (AvgIpc) is 3.37. The van der Waals surface area contributed by atoms with E-state index < -0.39 is 0 Å². The van der Waals surface area contributed by atoms with Gasteiger partial charge in [0.2, 0.25) is 5.91 Å². The quantitative estimate of drug-likeness (QED) is 0.533. The van der Waals surface area contributed by atoms with E-state index in [2.05, 4.69) is 31.0 Å². The monoisotopic (exact) mass is 520 g/mol. The van der Waals surface area contributed by atoms with Gasteiger partial charge in [0.15, 0.2) is 0 Å². The fourth-order valence-electron chi connectivity index (χ4n) is 5.40. The van der Waals surface area contributed by atoms with Gasteiger partial charge in [0, 0.05) is 55.8 Å². The zero-order chi connectivity index (χ0) is 23.0. The molecule has 33 heavy (non-hydrogen) atoms. The summed E-state index contributed by atoms with van der Waals surface area (Å²) in [6.45, 7) is 8.16. The Morgan fingerprint density at radius 3 is 2.48 bits per heavy atom. The van der Waals surface area contributed by atoms with E-state index in [1.165, 1.54) is 12.8 Å². The predicted molar refractivity (Wildman–Crippen MR) is 132 cm³/mol. The first kappa shape index (κ1) is 24.6. The highest BCUT2D eigenvalue weighted by Gasteiger charge is 2.37.